The van der Waals surface area contributed by atoms with Crippen LogP contribution in [0.1, 0.15) is 53.1 Å². The zero-order chi connectivity index (χ0) is 18.3. The van der Waals surface area contributed by atoms with E-state index in [1.165, 1.54) is 17.7 Å². The highest BCUT2D eigenvalue weighted by Crippen LogP contribution is 2.43. The number of carbonyl (C=O) groups is 1. The maximum Gasteiger partial charge on any atom is 0.254 e. The summed E-state index contributed by atoms with van der Waals surface area (Å²) < 4.78 is 18.5. The zero-order valence-corrected chi connectivity index (χ0v) is 15.2. The molecule has 2 atom stereocenters. The van der Waals surface area contributed by atoms with E-state index in [4.69, 9.17) is 4.74 Å². The number of hydrogen-bond acceptors (Lipinski definition) is 2. The van der Waals surface area contributed by atoms with Gasteiger partial charge >= 0.3 is 0 Å². The van der Waals surface area contributed by atoms with Gasteiger partial charge in [-0.05, 0) is 80.0 Å². The second-order valence-electron chi connectivity index (χ2n) is 7.50. The van der Waals surface area contributed by atoms with Crippen LogP contribution in [-0.2, 0) is 0 Å². The molecule has 0 saturated carbocycles. The first-order chi connectivity index (χ1) is 12.6. The molecule has 2 aromatic rings. The van der Waals surface area contributed by atoms with E-state index in [0.717, 1.165) is 42.6 Å². The summed E-state index contributed by atoms with van der Waals surface area (Å²) in [6, 6.07) is 13.1. The molecule has 2 fully saturated rings. The largest absolute Gasteiger partial charge is 0.496 e. The highest BCUT2D eigenvalue weighted by atomic mass is 19.1. The van der Waals surface area contributed by atoms with Crippen molar-refractivity contribution in [3.63, 3.8) is 0 Å². The topological polar surface area (TPSA) is 29.5 Å². The second-order valence-corrected chi connectivity index (χ2v) is 7.50. The van der Waals surface area contributed by atoms with Crippen molar-refractivity contribution < 1.29 is 13.9 Å². The number of piperidine rings is 1. The van der Waals surface area contributed by atoms with Crippen molar-refractivity contribution in [2.24, 2.45) is 0 Å². The van der Waals surface area contributed by atoms with Gasteiger partial charge in [-0.15, -0.1) is 0 Å². The molecule has 2 bridgehead atoms. The molecule has 2 heterocycles. The third kappa shape index (κ3) is 2.98. The summed E-state index contributed by atoms with van der Waals surface area (Å²) >= 11 is 0. The molecule has 2 unspecified atom stereocenters. The minimum atomic E-state index is -0.195. The lowest BCUT2D eigenvalue weighted by atomic mass is 9.84. The Morgan fingerprint density at radius 2 is 1.73 bits per heavy atom. The lowest BCUT2D eigenvalue weighted by molar-refractivity contribution is 0.0571. The molecule has 1 amide bonds. The van der Waals surface area contributed by atoms with Crippen molar-refractivity contribution >= 4 is 5.91 Å². The van der Waals surface area contributed by atoms with Crippen molar-refractivity contribution in [3.8, 4) is 5.75 Å². The van der Waals surface area contributed by atoms with E-state index in [9.17, 15) is 9.18 Å². The number of hydrogen-bond donors (Lipinski definition) is 0. The van der Waals surface area contributed by atoms with Crippen LogP contribution in [-0.4, -0.2) is 30.0 Å². The Morgan fingerprint density at radius 1 is 1.08 bits per heavy atom. The van der Waals surface area contributed by atoms with E-state index in [1.54, 1.807) is 7.11 Å². The highest BCUT2D eigenvalue weighted by molar-refractivity contribution is 5.95. The van der Waals surface area contributed by atoms with Crippen molar-refractivity contribution in [3.05, 3.63) is 65.0 Å². The number of nitrogens with zero attached hydrogens (tertiary/aromatic N) is 1. The minimum Gasteiger partial charge on any atom is -0.496 e. The van der Waals surface area contributed by atoms with E-state index in [1.807, 2.05) is 37.3 Å². The molecule has 2 aliphatic rings. The van der Waals surface area contributed by atoms with Crippen LogP contribution in [0.3, 0.4) is 0 Å². The lowest BCUT2D eigenvalue weighted by Gasteiger charge is -2.39. The molecule has 0 radical (unpaired) electrons. The molecule has 0 N–H and O–H groups in total. The van der Waals surface area contributed by atoms with Gasteiger partial charge in [0.2, 0.25) is 0 Å². The normalized spacial score (nSPS) is 24.6. The quantitative estimate of drug-likeness (QED) is 0.801. The van der Waals surface area contributed by atoms with Crippen LogP contribution in [0, 0.1) is 12.7 Å². The van der Waals surface area contributed by atoms with Crippen LogP contribution in [0.5, 0.6) is 5.75 Å². The van der Waals surface area contributed by atoms with Crippen LogP contribution in [0.4, 0.5) is 4.39 Å². The summed E-state index contributed by atoms with van der Waals surface area (Å²) in [4.78, 5) is 15.2. The standard InChI is InChI=1S/C22H24FNO2/c1-14-11-16(5-10-21(14)26-2)22(25)24-19-8-9-20(24)13-17(12-19)15-3-6-18(23)7-4-15/h3-7,10-11,17,19-20H,8-9,12-13H2,1-2H3. The Morgan fingerprint density at radius 3 is 2.31 bits per heavy atom. The van der Waals surface area contributed by atoms with Gasteiger partial charge in [0.1, 0.15) is 11.6 Å². The fourth-order valence-electron chi connectivity index (χ4n) is 4.68. The summed E-state index contributed by atoms with van der Waals surface area (Å²) in [5.74, 6) is 1.15. The van der Waals surface area contributed by atoms with E-state index >= 15 is 0 Å². The molecule has 2 saturated heterocycles. The summed E-state index contributed by atoms with van der Waals surface area (Å²) in [5.41, 5.74) is 2.91. The van der Waals surface area contributed by atoms with E-state index < -0.39 is 0 Å². The number of aryl methyl sites for hydroxylation is 1. The predicted molar refractivity (Wildman–Crippen MR) is 99.1 cm³/mol. The number of amides is 1. The van der Waals surface area contributed by atoms with Gasteiger partial charge in [-0.3, -0.25) is 4.79 Å². The second kappa shape index (κ2) is 6.75. The van der Waals surface area contributed by atoms with E-state index in [0.29, 0.717) is 5.92 Å². The molecule has 4 rings (SSSR count). The van der Waals surface area contributed by atoms with Gasteiger partial charge in [-0.25, -0.2) is 4.39 Å². The maximum absolute atomic E-state index is 13.2. The molecule has 4 heteroatoms. The fraction of sp³-hybridized carbons (Fsp3) is 0.409. The average molecular weight is 353 g/mol. The molecule has 136 valence electrons. The Hall–Kier alpha value is -2.36. The Bertz CT molecular complexity index is 803. The van der Waals surface area contributed by atoms with Crippen molar-refractivity contribution in [2.75, 3.05) is 7.11 Å². The maximum atomic E-state index is 13.2. The number of carbonyl (C=O) groups excluding carboxylic acids is 1. The molecule has 2 aliphatic heterocycles. The Kier molecular flexibility index (Phi) is 4.43. The average Bonchev–Trinajstić information content (AvgIpc) is 2.91. The van der Waals surface area contributed by atoms with Crippen molar-refractivity contribution in [1.82, 2.24) is 4.90 Å². The number of ether oxygens (including phenoxy) is 1. The predicted octanol–water partition coefficient (Wildman–Crippen LogP) is 4.69. The molecule has 0 aromatic heterocycles. The van der Waals surface area contributed by atoms with Crippen LogP contribution in [0.15, 0.2) is 42.5 Å². The minimum absolute atomic E-state index is 0.126. The van der Waals surface area contributed by atoms with E-state index in [2.05, 4.69) is 4.90 Å². The van der Waals surface area contributed by atoms with Gasteiger partial charge in [0.15, 0.2) is 0 Å². The number of methoxy groups -OCH3 is 1. The molecule has 26 heavy (non-hydrogen) atoms. The first-order valence-electron chi connectivity index (χ1n) is 9.29. The molecular formula is C22H24FNO2. The third-order valence-corrected chi connectivity index (χ3v) is 5.95. The van der Waals surface area contributed by atoms with Gasteiger partial charge in [0.25, 0.3) is 5.91 Å². The first-order valence-corrected chi connectivity index (χ1v) is 9.29. The van der Waals surface area contributed by atoms with Crippen molar-refractivity contribution in [2.45, 2.75) is 50.6 Å². The molecule has 3 nitrogen and oxygen atoms in total. The van der Waals surface area contributed by atoms with Gasteiger partial charge < -0.3 is 9.64 Å². The fourth-order valence-corrected chi connectivity index (χ4v) is 4.68. The summed E-state index contributed by atoms with van der Waals surface area (Å²) in [6.07, 6.45) is 4.04. The lowest BCUT2D eigenvalue weighted by Crippen LogP contribution is -2.46. The van der Waals surface area contributed by atoms with Gasteiger partial charge in [0.05, 0.1) is 7.11 Å². The third-order valence-electron chi connectivity index (χ3n) is 5.95. The van der Waals surface area contributed by atoms with Crippen LogP contribution < -0.4 is 4.74 Å². The molecule has 2 aromatic carbocycles. The molecule has 0 spiro atoms. The van der Waals surface area contributed by atoms with Gasteiger partial charge in [-0.1, -0.05) is 12.1 Å². The summed E-state index contributed by atoms with van der Waals surface area (Å²) in [7, 11) is 1.64. The monoisotopic (exact) mass is 353 g/mol. The Labute approximate surface area is 153 Å². The smallest absolute Gasteiger partial charge is 0.254 e. The first kappa shape index (κ1) is 17.1. The summed E-state index contributed by atoms with van der Waals surface area (Å²) in [5, 5.41) is 0. The van der Waals surface area contributed by atoms with E-state index in [-0.39, 0.29) is 23.8 Å². The Balaban J connectivity index is 1.53. The van der Waals surface area contributed by atoms with Crippen molar-refractivity contribution in [1.29, 1.82) is 0 Å². The van der Waals surface area contributed by atoms with Gasteiger partial charge in [-0.2, -0.15) is 0 Å². The number of benzene rings is 2. The molecule has 0 aliphatic carbocycles. The number of halogens is 1. The summed E-state index contributed by atoms with van der Waals surface area (Å²) in [6.45, 7) is 1.96. The SMILES string of the molecule is COc1ccc(C(=O)N2C3CCC2CC(c2ccc(F)cc2)C3)cc1C. The highest BCUT2D eigenvalue weighted by Gasteiger charge is 2.43. The van der Waals surface area contributed by atoms with Crippen LogP contribution >= 0.6 is 0 Å². The molecular weight excluding hydrogens is 329 g/mol. The van der Waals surface area contributed by atoms with Crippen LogP contribution in [0.2, 0.25) is 0 Å². The number of fused-ring (bicyclic) bond motifs is 2. The van der Waals surface area contributed by atoms with Gasteiger partial charge in [0, 0.05) is 17.6 Å². The number of rotatable bonds is 3. The van der Waals surface area contributed by atoms with Crippen LogP contribution in [0.25, 0.3) is 0 Å². The zero-order valence-electron chi connectivity index (χ0n) is 15.2.